The molecule has 0 aromatic carbocycles. The Balaban J connectivity index is 4.65. The van der Waals surface area contributed by atoms with Crippen LogP contribution in [0, 0.1) is 0 Å². The van der Waals surface area contributed by atoms with Crippen molar-refractivity contribution in [3.8, 4) is 0 Å². The van der Waals surface area contributed by atoms with E-state index < -0.39 is 54.6 Å². The molecule has 0 saturated carbocycles. The van der Waals surface area contributed by atoms with Crippen LogP contribution in [-0.2, 0) is 0 Å². The molecule has 0 aromatic heterocycles. The van der Waals surface area contributed by atoms with Crippen LogP contribution in [0.15, 0.2) is 0 Å². The zero-order valence-corrected chi connectivity index (χ0v) is 22.2. The Morgan fingerprint density at radius 2 is 0.550 bits per heavy atom. The molecule has 0 nitrogen and oxygen atoms in total. The molecule has 0 unspecified atom stereocenters. The molecule has 0 heterocycles. The lowest BCUT2D eigenvalue weighted by Gasteiger charge is -2.41. The summed E-state index contributed by atoms with van der Waals surface area (Å²) >= 11 is 0. The zero-order valence-electron chi connectivity index (χ0n) is 22.2. The summed E-state index contributed by atoms with van der Waals surface area (Å²) in [7, 11) is 0. The fraction of sp³-hybridized carbons (Fsp3) is 1.00. The summed E-state index contributed by atoms with van der Waals surface area (Å²) in [6.45, 7) is 2.14. The van der Waals surface area contributed by atoms with Crippen LogP contribution in [0.4, 0.5) is 65.9 Å². The van der Waals surface area contributed by atoms with Crippen molar-refractivity contribution in [2.24, 2.45) is 0 Å². The topological polar surface area (TPSA) is 0 Å². The number of hydrogen-bond acceptors (Lipinski definition) is 0. The molecular weight excluding hydrogens is 585 g/mol. The van der Waals surface area contributed by atoms with E-state index in [0.29, 0.717) is 12.8 Å². The minimum absolute atomic E-state index is 0.168. The molecule has 15 heteroatoms. The van der Waals surface area contributed by atoms with Gasteiger partial charge in [-0.1, -0.05) is 103 Å². The average molecular weight is 623 g/mol. The Hall–Kier alpha value is -1.05. The number of rotatable bonds is 22. The molecular formula is C25H37F15. The Morgan fingerprint density at radius 3 is 0.850 bits per heavy atom. The van der Waals surface area contributed by atoms with Gasteiger partial charge in [0.05, 0.1) is 0 Å². The van der Waals surface area contributed by atoms with Gasteiger partial charge in [-0.3, -0.25) is 0 Å². The highest BCUT2D eigenvalue weighted by atomic mass is 19.4. The zero-order chi connectivity index (χ0) is 31.5. The summed E-state index contributed by atoms with van der Waals surface area (Å²) in [5.41, 5.74) is 0. The molecule has 0 spiro atoms. The second kappa shape index (κ2) is 15.4. The molecule has 0 bridgehead atoms. The minimum Gasteiger partial charge on any atom is -0.200 e. The van der Waals surface area contributed by atoms with Crippen LogP contribution >= 0.6 is 0 Å². The Bertz CT molecular complexity index is 699. The summed E-state index contributed by atoms with van der Waals surface area (Å²) in [5, 5.41) is 0. The molecule has 0 aliphatic heterocycles. The smallest absolute Gasteiger partial charge is 0.200 e. The van der Waals surface area contributed by atoms with E-state index in [9.17, 15) is 65.9 Å². The van der Waals surface area contributed by atoms with Crippen LogP contribution in [0.2, 0.25) is 0 Å². The first-order valence-corrected chi connectivity index (χ1v) is 13.4. The molecule has 0 aliphatic carbocycles. The molecule has 242 valence electrons. The van der Waals surface area contributed by atoms with Gasteiger partial charge < -0.3 is 0 Å². The average Bonchev–Trinajstić information content (AvgIpc) is 2.82. The van der Waals surface area contributed by atoms with E-state index in [2.05, 4.69) is 6.92 Å². The summed E-state index contributed by atoms with van der Waals surface area (Å²) in [6.07, 6.45) is 2.30. The lowest BCUT2D eigenvalue weighted by atomic mass is 9.89. The lowest BCUT2D eigenvalue weighted by molar-refractivity contribution is -0.452. The fourth-order valence-corrected chi connectivity index (χ4v) is 4.05. The summed E-state index contributed by atoms with van der Waals surface area (Å²) in [6, 6.07) is 0. The second-order valence-corrected chi connectivity index (χ2v) is 10.1. The maximum absolute atomic E-state index is 13.8. The third-order valence-corrected chi connectivity index (χ3v) is 6.74. The maximum atomic E-state index is 13.8. The number of halogens is 15. The first-order chi connectivity index (χ1) is 18.1. The van der Waals surface area contributed by atoms with E-state index in [4.69, 9.17) is 0 Å². The predicted molar refractivity (Wildman–Crippen MR) is 120 cm³/mol. The van der Waals surface area contributed by atoms with Crippen LogP contribution in [-0.4, -0.2) is 41.7 Å². The quantitative estimate of drug-likeness (QED) is 0.0833. The predicted octanol–water partition coefficient (Wildman–Crippen LogP) is 12.0. The fourth-order valence-electron chi connectivity index (χ4n) is 4.05. The largest absolute Gasteiger partial charge is 0.460 e. The highest BCUT2D eigenvalue weighted by molar-refractivity contribution is 5.12. The molecule has 0 amide bonds. The van der Waals surface area contributed by atoms with Gasteiger partial charge in [-0.15, -0.1) is 0 Å². The van der Waals surface area contributed by atoms with Crippen molar-refractivity contribution in [1.29, 1.82) is 0 Å². The molecule has 0 saturated heterocycles. The summed E-state index contributed by atoms with van der Waals surface area (Å²) in [4.78, 5) is 0. The molecule has 0 radical (unpaired) electrons. The van der Waals surface area contributed by atoms with Crippen LogP contribution in [0.25, 0.3) is 0 Å². The van der Waals surface area contributed by atoms with Gasteiger partial charge in [-0.2, -0.15) is 65.9 Å². The number of hydrogen-bond donors (Lipinski definition) is 0. The molecule has 0 rings (SSSR count). The number of unbranched alkanes of at least 4 members (excludes halogenated alkanes) is 15. The first kappa shape index (κ1) is 39.0. The minimum atomic E-state index is -8.21. The van der Waals surface area contributed by atoms with Gasteiger partial charge in [0.15, 0.2) is 0 Å². The van der Waals surface area contributed by atoms with Crippen molar-refractivity contribution in [3.05, 3.63) is 0 Å². The highest BCUT2D eigenvalue weighted by Gasteiger charge is 2.93. The van der Waals surface area contributed by atoms with Gasteiger partial charge in [-0.05, 0) is 6.42 Å². The van der Waals surface area contributed by atoms with Gasteiger partial charge in [0.25, 0.3) is 0 Å². The van der Waals surface area contributed by atoms with Gasteiger partial charge in [-0.25, -0.2) is 0 Å². The lowest BCUT2D eigenvalue weighted by Crippen LogP contribution is -2.72. The van der Waals surface area contributed by atoms with Crippen molar-refractivity contribution < 1.29 is 65.9 Å². The van der Waals surface area contributed by atoms with Gasteiger partial charge in [0.1, 0.15) is 0 Å². The molecule has 0 atom stereocenters. The molecule has 0 aromatic rings. The van der Waals surface area contributed by atoms with Gasteiger partial charge >= 0.3 is 41.7 Å². The van der Waals surface area contributed by atoms with Crippen molar-refractivity contribution >= 4 is 0 Å². The first-order valence-electron chi connectivity index (χ1n) is 13.4. The molecule has 0 fully saturated rings. The van der Waals surface area contributed by atoms with Crippen molar-refractivity contribution in [2.45, 2.75) is 158 Å². The van der Waals surface area contributed by atoms with Gasteiger partial charge in [0.2, 0.25) is 0 Å². The summed E-state index contributed by atoms with van der Waals surface area (Å²) in [5.74, 6) is -45.8. The van der Waals surface area contributed by atoms with E-state index in [1.807, 2.05) is 0 Å². The van der Waals surface area contributed by atoms with E-state index in [-0.39, 0.29) is 12.8 Å². The number of alkyl halides is 15. The Labute approximate surface area is 224 Å². The van der Waals surface area contributed by atoms with E-state index in [1.165, 1.54) is 32.1 Å². The molecule has 40 heavy (non-hydrogen) atoms. The van der Waals surface area contributed by atoms with Crippen LogP contribution in [0.5, 0.6) is 0 Å². The monoisotopic (exact) mass is 622 g/mol. The summed E-state index contributed by atoms with van der Waals surface area (Å²) < 4.78 is 198. The van der Waals surface area contributed by atoms with Crippen molar-refractivity contribution in [3.63, 3.8) is 0 Å². The van der Waals surface area contributed by atoms with E-state index in [1.54, 1.807) is 0 Å². The Kier molecular flexibility index (Phi) is 15.0. The maximum Gasteiger partial charge on any atom is 0.460 e. The van der Waals surface area contributed by atoms with E-state index in [0.717, 1.165) is 38.5 Å². The second-order valence-electron chi connectivity index (χ2n) is 10.1. The molecule has 0 N–H and O–H groups in total. The third kappa shape index (κ3) is 9.22. The van der Waals surface area contributed by atoms with Crippen LogP contribution < -0.4 is 0 Å². The van der Waals surface area contributed by atoms with Crippen LogP contribution in [0.1, 0.15) is 116 Å². The normalized spacial score (nSPS) is 14.7. The van der Waals surface area contributed by atoms with Gasteiger partial charge in [0, 0.05) is 6.42 Å². The third-order valence-electron chi connectivity index (χ3n) is 6.74. The van der Waals surface area contributed by atoms with Crippen LogP contribution in [0.3, 0.4) is 0 Å². The van der Waals surface area contributed by atoms with Crippen molar-refractivity contribution in [2.75, 3.05) is 0 Å². The Morgan fingerprint density at radius 1 is 0.300 bits per heavy atom. The molecule has 0 aliphatic rings. The SMILES string of the molecule is CCCCCCCCCCCCCCCCCCC(F)(F)C(F)(F)C(F)(F)C(F)(F)C(F)(F)C(F)(F)C(F)(F)F. The van der Waals surface area contributed by atoms with E-state index >= 15 is 0 Å². The van der Waals surface area contributed by atoms with Crippen molar-refractivity contribution in [1.82, 2.24) is 0 Å². The highest BCUT2D eigenvalue weighted by Crippen LogP contribution is 2.62. The standard InChI is InChI=1S/C25H37F15/c1-2-3-4-5-6-7-8-9-10-11-12-13-14-15-16-17-18-19(26,27)20(28,29)21(30,31)22(32,33)23(34,35)24(36,37)25(38,39)40/h2-18H2,1H3.